The Morgan fingerprint density at radius 2 is 0.691 bits per heavy atom. The molecule has 0 saturated carbocycles. The number of unbranched alkanes of at least 4 members (excludes halogenated alkanes) is 27. The molecule has 6 nitrogen and oxygen atoms in total. The molecule has 0 rings (SSSR count). The molecule has 0 fully saturated rings. The topological polar surface area (TPSA) is 78.9 Å². The van der Waals surface area contributed by atoms with E-state index in [1.165, 1.54) is 154 Å². The van der Waals surface area contributed by atoms with Crippen molar-refractivity contribution >= 4 is 17.9 Å². The lowest BCUT2D eigenvalue weighted by Crippen LogP contribution is -2.30. The summed E-state index contributed by atoms with van der Waals surface area (Å²) in [5.74, 6) is 0.749. The molecule has 0 bridgehead atoms. The minimum absolute atomic E-state index is 0.0654. The Kier molecular flexibility index (Phi) is 40.8. The van der Waals surface area contributed by atoms with Gasteiger partial charge in [0.1, 0.15) is 13.2 Å². The first-order chi connectivity index (χ1) is 26.8. The molecule has 326 valence electrons. The van der Waals surface area contributed by atoms with Gasteiger partial charge >= 0.3 is 17.9 Å². The summed E-state index contributed by atoms with van der Waals surface area (Å²) in [5.41, 5.74) is 0. The fourth-order valence-electron chi connectivity index (χ4n) is 7.25. The van der Waals surface area contributed by atoms with Crippen LogP contribution in [0.4, 0.5) is 0 Å². The fourth-order valence-corrected chi connectivity index (χ4v) is 7.25. The highest BCUT2D eigenvalue weighted by molar-refractivity contribution is 5.71. The van der Waals surface area contributed by atoms with E-state index in [1.807, 2.05) is 0 Å². The average Bonchev–Trinajstić information content (AvgIpc) is 3.17. The molecule has 0 radical (unpaired) electrons. The maximum Gasteiger partial charge on any atom is 0.306 e. The number of ether oxygens (including phenoxy) is 3. The first-order valence-corrected chi connectivity index (χ1v) is 24.3. The molecular formula is C49H94O6. The molecule has 0 saturated heterocycles. The SMILES string of the molecule is CCCCCCCCCCCCCCCCCCC(=O)OC[C@@H](COC(=O)CCCCCCCCC(C)C)OC(=O)CCCCCCCCCCC(C)CC. The van der Waals surface area contributed by atoms with E-state index >= 15 is 0 Å². The summed E-state index contributed by atoms with van der Waals surface area (Å²) in [7, 11) is 0. The Hall–Kier alpha value is -1.59. The van der Waals surface area contributed by atoms with Crippen LogP contribution in [0.25, 0.3) is 0 Å². The van der Waals surface area contributed by atoms with E-state index in [2.05, 4.69) is 34.6 Å². The van der Waals surface area contributed by atoms with Gasteiger partial charge in [0.2, 0.25) is 0 Å². The van der Waals surface area contributed by atoms with Gasteiger partial charge in [-0.05, 0) is 31.1 Å². The van der Waals surface area contributed by atoms with E-state index in [0.717, 1.165) is 69.6 Å². The van der Waals surface area contributed by atoms with Gasteiger partial charge in [-0.1, -0.05) is 227 Å². The highest BCUT2D eigenvalue weighted by Gasteiger charge is 2.19. The number of hydrogen-bond acceptors (Lipinski definition) is 6. The molecule has 0 aromatic rings. The van der Waals surface area contributed by atoms with Gasteiger partial charge in [0.15, 0.2) is 6.10 Å². The molecule has 0 aliphatic carbocycles. The monoisotopic (exact) mass is 779 g/mol. The molecule has 2 atom stereocenters. The minimum Gasteiger partial charge on any atom is -0.462 e. The quantitative estimate of drug-likeness (QED) is 0.0348. The van der Waals surface area contributed by atoms with Crippen LogP contribution in [0.3, 0.4) is 0 Å². The van der Waals surface area contributed by atoms with Crippen molar-refractivity contribution in [3.8, 4) is 0 Å². The van der Waals surface area contributed by atoms with E-state index < -0.39 is 6.10 Å². The molecule has 0 heterocycles. The Bertz CT molecular complexity index is 841. The number of hydrogen-bond donors (Lipinski definition) is 0. The van der Waals surface area contributed by atoms with Crippen LogP contribution < -0.4 is 0 Å². The minimum atomic E-state index is -0.762. The maximum atomic E-state index is 12.7. The standard InChI is InChI=1S/C49H94O6/c1-6-8-9-10-11-12-13-14-15-16-17-18-19-23-29-34-39-47(50)53-42-46(43-54-48(51)40-35-30-26-25-27-32-37-44(3)4)55-49(52)41-36-31-24-21-20-22-28-33-38-45(5)7-2/h44-46H,6-43H2,1-5H3/t45?,46-/m0/s1. The third kappa shape index (κ3) is 41.9. The van der Waals surface area contributed by atoms with Crippen molar-refractivity contribution in [1.82, 2.24) is 0 Å². The molecule has 55 heavy (non-hydrogen) atoms. The van der Waals surface area contributed by atoms with Crippen LogP contribution in [0.5, 0.6) is 0 Å². The predicted molar refractivity (Wildman–Crippen MR) is 233 cm³/mol. The van der Waals surface area contributed by atoms with Crippen LogP contribution in [0.15, 0.2) is 0 Å². The Morgan fingerprint density at radius 1 is 0.382 bits per heavy atom. The van der Waals surface area contributed by atoms with Gasteiger partial charge in [0, 0.05) is 19.3 Å². The third-order valence-electron chi connectivity index (χ3n) is 11.3. The second kappa shape index (κ2) is 42.0. The fraction of sp³-hybridized carbons (Fsp3) is 0.939. The molecular weight excluding hydrogens is 685 g/mol. The van der Waals surface area contributed by atoms with Crippen LogP contribution in [-0.2, 0) is 28.6 Å². The normalized spacial score (nSPS) is 12.5. The number of rotatable bonds is 43. The molecule has 0 N–H and O–H groups in total. The summed E-state index contributed by atoms with van der Waals surface area (Å²) in [6, 6.07) is 0. The maximum absolute atomic E-state index is 12.7. The molecule has 6 heteroatoms. The van der Waals surface area contributed by atoms with E-state index in [0.29, 0.717) is 19.3 Å². The van der Waals surface area contributed by atoms with Crippen LogP contribution in [0, 0.1) is 11.8 Å². The van der Waals surface area contributed by atoms with E-state index in [9.17, 15) is 14.4 Å². The molecule has 0 amide bonds. The molecule has 0 aromatic carbocycles. The Labute approximate surface area is 342 Å². The number of carbonyl (C=O) groups excluding carboxylic acids is 3. The summed E-state index contributed by atoms with van der Waals surface area (Å²) in [4.78, 5) is 37.8. The molecule has 1 unspecified atom stereocenters. The van der Waals surface area contributed by atoms with Gasteiger partial charge in [-0.2, -0.15) is 0 Å². The van der Waals surface area contributed by atoms with Crippen LogP contribution >= 0.6 is 0 Å². The zero-order valence-corrected chi connectivity index (χ0v) is 37.6. The largest absolute Gasteiger partial charge is 0.462 e. The third-order valence-corrected chi connectivity index (χ3v) is 11.3. The summed E-state index contributed by atoms with van der Waals surface area (Å²) in [5, 5.41) is 0. The van der Waals surface area contributed by atoms with Crippen molar-refractivity contribution in [3.63, 3.8) is 0 Å². The number of esters is 3. The lowest BCUT2D eigenvalue weighted by atomic mass is 9.99. The predicted octanol–water partition coefficient (Wildman–Crippen LogP) is 15.4. The second-order valence-corrected chi connectivity index (χ2v) is 17.5. The van der Waals surface area contributed by atoms with Gasteiger partial charge in [-0.15, -0.1) is 0 Å². The van der Waals surface area contributed by atoms with Crippen molar-refractivity contribution < 1.29 is 28.6 Å². The van der Waals surface area contributed by atoms with Crippen LogP contribution in [0.2, 0.25) is 0 Å². The lowest BCUT2D eigenvalue weighted by molar-refractivity contribution is -0.167. The van der Waals surface area contributed by atoms with Gasteiger partial charge in [-0.3, -0.25) is 14.4 Å². The Balaban J connectivity index is 4.28. The molecule has 0 spiro atoms. The van der Waals surface area contributed by atoms with E-state index in [-0.39, 0.29) is 31.1 Å². The molecule has 0 aromatic heterocycles. The van der Waals surface area contributed by atoms with E-state index in [4.69, 9.17) is 14.2 Å². The van der Waals surface area contributed by atoms with Crippen molar-refractivity contribution in [2.75, 3.05) is 13.2 Å². The molecule has 0 aliphatic heterocycles. The average molecular weight is 779 g/mol. The first-order valence-electron chi connectivity index (χ1n) is 24.3. The second-order valence-electron chi connectivity index (χ2n) is 17.5. The summed E-state index contributed by atoms with van der Waals surface area (Å²) >= 11 is 0. The summed E-state index contributed by atoms with van der Waals surface area (Å²) in [6.45, 7) is 11.3. The van der Waals surface area contributed by atoms with Crippen LogP contribution in [0.1, 0.15) is 266 Å². The zero-order chi connectivity index (χ0) is 40.5. The Morgan fingerprint density at radius 3 is 1.04 bits per heavy atom. The van der Waals surface area contributed by atoms with Crippen molar-refractivity contribution in [2.24, 2.45) is 11.8 Å². The highest BCUT2D eigenvalue weighted by atomic mass is 16.6. The summed E-state index contributed by atoms with van der Waals surface area (Å²) in [6.07, 6.45) is 41.0. The van der Waals surface area contributed by atoms with Crippen LogP contribution in [-0.4, -0.2) is 37.2 Å². The highest BCUT2D eigenvalue weighted by Crippen LogP contribution is 2.17. The van der Waals surface area contributed by atoms with Crippen molar-refractivity contribution in [3.05, 3.63) is 0 Å². The van der Waals surface area contributed by atoms with Gasteiger partial charge < -0.3 is 14.2 Å². The molecule has 0 aliphatic rings. The number of carbonyl (C=O) groups is 3. The van der Waals surface area contributed by atoms with Gasteiger partial charge in [0.05, 0.1) is 0 Å². The summed E-state index contributed by atoms with van der Waals surface area (Å²) < 4.78 is 16.7. The lowest BCUT2D eigenvalue weighted by Gasteiger charge is -2.18. The van der Waals surface area contributed by atoms with Gasteiger partial charge in [-0.25, -0.2) is 0 Å². The van der Waals surface area contributed by atoms with E-state index in [1.54, 1.807) is 0 Å². The zero-order valence-electron chi connectivity index (χ0n) is 37.6. The van der Waals surface area contributed by atoms with Crippen molar-refractivity contribution in [2.45, 2.75) is 272 Å². The first kappa shape index (κ1) is 53.4. The smallest absolute Gasteiger partial charge is 0.306 e. The van der Waals surface area contributed by atoms with Gasteiger partial charge in [0.25, 0.3) is 0 Å². The van der Waals surface area contributed by atoms with Crippen molar-refractivity contribution in [1.29, 1.82) is 0 Å².